The number of benzene rings is 1. The van der Waals surface area contributed by atoms with Gasteiger partial charge in [-0.3, -0.25) is 4.79 Å². The van der Waals surface area contributed by atoms with E-state index in [1.807, 2.05) is 0 Å². The van der Waals surface area contributed by atoms with Crippen LogP contribution in [-0.4, -0.2) is 43.5 Å². The van der Waals surface area contributed by atoms with Crippen LogP contribution in [0.15, 0.2) is 52.8 Å². The van der Waals surface area contributed by atoms with Crippen LogP contribution >= 0.6 is 0 Å². The zero-order valence-corrected chi connectivity index (χ0v) is 17.7. The summed E-state index contributed by atoms with van der Waals surface area (Å²) in [5, 5.41) is 0. The molecule has 0 unspecified atom stereocenters. The summed E-state index contributed by atoms with van der Waals surface area (Å²) in [6.45, 7) is 2.32. The first kappa shape index (κ1) is 21.6. The average Bonchev–Trinajstić information content (AvgIpc) is 3.01. The Hall–Kier alpha value is -3.15. The van der Waals surface area contributed by atoms with Crippen molar-refractivity contribution >= 4 is 23.9 Å². The third kappa shape index (κ3) is 4.53. The Morgan fingerprint density at radius 3 is 2.37 bits per heavy atom. The zero-order chi connectivity index (χ0) is 21.7. The summed E-state index contributed by atoms with van der Waals surface area (Å²) in [5.74, 6) is -1.17. The highest BCUT2D eigenvalue weighted by atomic mass is 16.5. The van der Waals surface area contributed by atoms with Gasteiger partial charge in [-0.15, -0.1) is 0 Å². The van der Waals surface area contributed by atoms with Gasteiger partial charge in [0.2, 0.25) is 0 Å². The van der Waals surface area contributed by atoms with Crippen molar-refractivity contribution in [2.45, 2.75) is 39.0 Å². The van der Waals surface area contributed by atoms with Crippen molar-refractivity contribution in [2.75, 3.05) is 20.8 Å². The van der Waals surface area contributed by atoms with E-state index < -0.39 is 11.9 Å². The predicted octanol–water partition coefficient (Wildman–Crippen LogP) is 4.04. The second-order valence-corrected chi connectivity index (χ2v) is 7.44. The van der Waals surface area contributed by atoms with Gasteiger partial charge in [0, 0.05) is 12.2 Å². The van der Waals surface area contributed by atoms with E-state index in [2.05, 4.69) is 6.08 Å². The number of hydrogen-bond acceptors (Lipinski definition) is 5. The second kappa shape index (κ2) is 9.57. The molecule has 1 amide bonds. The van der Waals surface area contributed by atoms with Crippen molar-refractivity contribution in [3.63, 3.8) is 0 Å². The SMILES string of the molecule is COC(=O)C1=C(C)N(CCC2=CCCCC2)C(=O)/C1=C/c1ccc(C(=O)OC)cc1. The minimum Gasteiger partial charge on any atom is -0.465 e. The molecule has 158 valence electrons. The van der Waals surface area contributed by atoms with E-state index in [-0.39, 0.29) is 11.5 Å². The summed E-state index contributed by atoms with van der Waals surface area (Å²) >= 11 is 0. The predicted molar refractivity (Wildman–Crippen MR) is 113 cm³/mol. The molecule has 1 aromatic rings. The first-order valence-corrected chi connectivity index (χ1v) is 10.2. The molecule has 6 heteroatoms. The molecule has 1 aliphatic heterocycles. The van der Waals surface area contributed by atoms with Crippen molar-refractivity contribution in [3.05, 3.63) is 63.9 Å². The smallest absolute Gasteiger partial charge is 0.340 e. The highest BCUT2D eigenvalue weighted by molar-refractivity contribution is 6.16. The molecule has 1 heterocycles. The Morgan fingerprint density at radius 1 is 1.07 bits per heavy atom. The first-order valence-electron chi connectivity index (χ1n) is 10.2. The van der Waals surface area contributed by atoms with Gasteiger partial charge in [0.15, 0.2) is 0 Å². The molecule has 0 saturated carbocycles. The van der Waals surface area contributed by atoms with Crippen LogP contribution < -0.4 is 0 Å². The number of amides is 1. The van der Waals surface area contributed by atoms with Crippen molar-refractivity contribution in [1.82, 2.24) is 4.90 Å². The van der Waals surface area contributed by atoms with Crippen molar-refractivity contribution in [1.29, 1.82) is 0 Å². The number of rotatable bonds is 6. The molecule has 6 nitrogen and oxygen atoms in total. The van der Waals surface area contributed by atoms with Crippen molar-refractivity contribution in [2.24, 2.45) is 0 Å². The molecule has 0 bridgehead atoms. The molecular weight excluding hydrogens is 382 g/mol. The van der Waals surface area contributed by atoms with Crippen LogP contribution in [0, 0.1) is 0 Å². The van der Waals surface area contributed by atoms with Crippen LogP contribution in [0.25, 0.3) is 6.08 Å². The number of allylic oxidation sites excluding steroid dienone is 2. The van der Waals surface area contributed by atoms with E-state index >= 15 is 0 Å². The minimum absolute atomic E-state index is 0.207. The van der Waals surface area contributed by atoms with E-state index in [1.54, 1.807) is 42.2 Å². The number of nitrogens with zero attached hydrogens (tertiary/aromatic N) is 1. The number of methoxy groups -OCH3 is 2. The lowest BCUT2D eigenvalue weighted by molar-refractivity contribution is -0.136. The molecule has 1 aliphatic carbocycles. The molecule has 3 rings (SSSR count). The standard InChI is InChI=1S/C24H27NO5/c1-16-21(24(28)30-3)20(15-18-9-11-19(12-10-18)23(27)29-2)22(26)25(16)14-13-17-7-5-4-6-8-17/h7,9-12,15H,4-6,8,13-14H2,1-3H3/b20-15+. The van der Waals surface area contributed by atoms with E-state index in [0.717, 1.165) is 19.3 Å². The summed E-state index contributed by atoms with van der Waals surface area (Å²) < 4.78 is 9.65. The minimum atomic E-state index is -0.530. The fraction of sp³-hybridized carbons (Fsp3) is 0.375. The molecule has 0 radical (unpaired) electrons. The van der Waals surface area contributed by atoms with Gasteiger partial charge in [0.1, 0.15) is 0 Å². The third-order valence-electron chi connectivity index (χ3n) is 5.59. The fourth-order valence-corrected chi connectivity index (χ4v) is 3.88. The third-order valence-corrected chi connectivity index (χ3v) is 5.59. The van der Waals surface area contributed by atoms with Crippen LogP contribution in [0.1, 0.15) is 54.9 Å². The fourth-order valence-electron chi connectivity index (χ4n) is 3.88. The monoisotopic (exact) mass is 409 g/mol. The number of ether oxygens (including phenoxy) is 2. The lowest BCUT2D eigenvalue weighted by atomic mass is 9.97. The van der Waals surface area contributed by atoms with Gasteiger partial charge in [0.25, 0.3) is 5.91 Å². The number of esters is 2. The Morgan fingerprint density at radius 2 is 1.77 bits per heavy atom. The summed E-state index contributed by atoms with van der Waals surface area (Å²) in [7, 11) is 2.63. The van der Waals surface area contributed by atoms with Crippen LogP contribution in [-0.2, 0) is 19.1 Å². The molecule has 0 N–H and O–H groups in total. The Balaban J connectivity index is 1.87. The molecule has 0 atom stereocenters. The van der Waals surface area contributed by atoms with Gasteiger partial charge in [-0.1, -0.05) is 23.8 Å². The normalized spacial score (nSPS) is 18.0. The maximum Gasteiger partial charge on any atom is 0.340 e. The van der Waals surface area contributed by atoms with Gasteiger partial charge in [-0.2, -0.15) is 0 Å². The highest BCUT2D eigenvalue weighted by Gasteiger charge is 2.36. The van der Waals surface area contributed by atoms with Crippen LogP contribution in [0.2, 0.25) is 0 Å². The lowest BCUT2D eigenvalue weighted by Crippen LogP contribution is -2.26. The maximum absolute atomic E-state index is 13.2. The zero-order valence-electron chi connectivity index (χ0n) is 17.7. The second-order valence-electron chi connectivity index (χ2n) is 7.44. The van der Waals surface area contributed by atoms with Crippen LogP contribution in [0.3, 0.4) is 0 Å². The molecule has 2 aliphatic rings. The first-order chi connectivity index (χ1) is 14.5. The van der Waals surface area contributed by atoms with Gasteiger partial charge < -0.3 is 14.4 Å². The average molecular weight is 409 g/mol. The number of hydrogen-bond donors (Lipinski definition) is 0. The maximum atomic E-state index is 13.2. The summed E-state index contributed by atoms with van der Waals surface area (Å²) in [6.07, 6.45) is 9.32. The highest BCUT2D eigenvalue weighted by Crippen LogP contribution is 2.32. The van der Waals surface area contributed by atoms with Crippen molar-refractivity contribution < 1.29 is 23.9 Å². The van der Waals surface area contributed by atoms with E-state index in [0.29, 0.717) is 28.9 Å². The quantitative estimate of drug-likeness (QED) is 0.403. The Bertz CT molecular complexity index is 937. The molecular formula is C24H27NO5. The van der Waals surface area contributed by atoms with Crippen LogP contribution in [0.5, 0.6) is 0 Å². The number of carbonyl (C=O) groups is 3. The Kier molecular flexibility index (Phi) is 6.87. The number of carbonyl (C=O) groups excluding carboxylic acids is 3. The molecule has 0 saturated heterocycles. The molecule has 1 aromatic carbocycles. The summed E-state index contributed by atoms with van der Waals surface area (Å²) in [5.41, 5.74) is 3.70. The van der Waals surface area contributed by atoms with Gasteiger partial charge >= 0.3 is 11.9 Å². The van der Waals surface area contributed by atoms with E-state index in [4.69, 9.17) is 9.47 Å². The Labute approximate surface area is 176 Å². The molecule has 0 aromatic heterocycles. The molecule has 30 heavy (non-hydrogen) atoms. The van der Waals surface area contributed by atoms with Crippen molar-refractivity contribution in [3.8, 4) is 0 Å². The lowest BCUT2D eigenvalue weighted by Gasteiger charge is -2.20. The largest absolute Gasteiger partial charge is 0.465 e. The van der Waals surface area contributed by atoms with E-state index in [1.165, 1.54) is 32.6 Å². The van der Waals surface area contributed by atoms with Gasteiger partial charge in [-0.25, -0.2) is 9.59 Å². The summed E-state index contributed by atoms with van der Waals surface area (Å²) in [6, 6.07) is 6.68. The molecule has 0 spiro atoms. The molecule has 0 fully saturated rings. The summed E-state index contributed by atoms with van der Waals surface area (Å²) in [4.78, 5) is 38.9. The van der Waals surface area contributed by atoms with Gasteiger partial charge in [0.05, 0.1) is 30.9 Å². The topological polar surface area (TPSA) is 72.9 Å². The van der Waals surface area contributed by atoms with Crippen LogP contribution in [0.4, 0.5) is 0 Å². The van der Waals surface area contributed by atoms with Gasteiger partial charge in [-0.05, 0) is 62.8 Å². The van der Waals surface area contributed by atoms with E-state index in [9.17, 15) is 14.4 Å².